The van der Waals surface area contributed by atoms with Gasteiger partial charge in [0.15, 0.2) is 0 Å². The van der Waals surface area contributed by atoms with Crippen LogP contribution < -0.4 is 0 Å². The van der Waals surface area contributed by atoms with Gasteiger partial charge in [0.2, 0.25) is 4.47 Å². The van der Waals surface area contributed by atoms with Gasteiger partial charge in [-0.15, -0.1) is 0 Å². The highest BCUT2D eigenvalue weighted by molar-refractivity contribution is 7.10. The number of rotatable bonds is 0. The highest BCUT2D eigenvalue weighted by Crippen LogP contribution is 2.08. The minimum Gasteiger partial charge on any atom is -0.209 e. The monoisotopic (exact) mass is 164 g/mol. The Hall–Kier alpha value is -0.150. The number of halogens is 1. The molecule has 1 aromatic heterocycles. The number of aryl methyl sites for hydroxylation is 1. The third kappa shape index (κ3) is 3.43. The van der Waals surface area contributed by atoms with Crippen LogP contribution in [-0.4, -0.2) is 9.36 Å². The Kier molecular flexibility index (Phi) is 4.62. The van der Waals surface area contributed by atoms with Crippen LogP contribution in [0, 0.1) is 6.92 Å². The number of hydrogen-bond acceptors (Lipinski definition) is 3. The second kappa shape index (κ2) is 4.70. The Morgan fingerprint density at radius 2 is 2.00 bits per heavy atom. The molecule has 9 heavy (non-hydrogen) atoms. The lowest BCUT2D eigenvalue weighted by Crippen LogP contribution is -1.67. The molecule has 0 saturated carbocycles. The molecule has 0 N–H and O–H groups in total. The fraction of sp³-hybridized carbons (Fsp3) is 0.600. The molecule has 1 rings (SSSR count). The molecule has 0 bridgehead atoms. The Morgan fingerprint density at radius 3 is 2.11 bits per heavy atom. The summed E-state index contributed by atoms with van der Waals surface area (Å²) in [7, 11) is 0. The zero-order valence-corrected chi connectivity index (χ0v) is 7.25. The summed E-state index contributed by atoms with van der Waals surface area (Å²) in [5, 5.41) is 0. The molecule has 0 aliphatic carbocycles. The van der Waals surface area contributed by atoms with Gasteiger partial charge in [-0.3, -0.25) is 0 Å². The topological polar surface area (TPSA) is 25.8 Å². The van der Waals surface area contributed by atoms with Gasteiger partial charge in [-0.25, -0.2) is 4.98 Å². The minimum absolute atomic E-state index is 0.512. The summed E-state index contributed by atoms with van der Waals surface area (Å²) in [5.74, 6) is 0.745. The van der Waals surface area contributed by atoms with E-state index in [0.29, 0.717) is 4.47 Å². The van der Waals surface area contributed by atoms with E-state index in [0.717, 1.165) is 5.82 Å². The molecule has 0 aromatic carbocycles. The molecule has 0 saturated heterocycles. The molecule has 0 atom stereocenters. The van der Waals surface area contributed by atoms with Crippen molar-refractivity contribution in [3.8, 4) is 0 Å². The van der Waals surface area contributed by atoms with Crippen molar-refractivity contribution in [2.24, 2.45) is 0 Å². The minimum atomic E-state index is 0.512. The van der Waals surface area contributed by atoms with E-state index in [2.05, 4.69) is 9.36 Å². The van der Waals surface area contributed by atoms with E-state index < -0.39 is 0 Å². The average Bonchev–Trinajstić information content (AvgIpc) is 2.20. The second-order valence-corrected chi connectivity index (χ2v) is 2.43. The Morgan fingerprint density at radius 1 is 1.44 bits per heavy atom. The summed E-state index contributed by atoms with van der Waals surface area (Å²) in [6, 6.07) is 0. The average molecular weight is 165 g/mol. The first kappa shape index (κ1) is 8.85. The van der Waals surface area contributed by atoms with Crippen LogP contribution in [0.2, 0.25) is 4.47 Å². The maximum absolute atomic E-state index is 5.41. The lowest BCUT2D eigenvalue weighted by Gasteiger charge is -1.65. The summed E-state index contributed by atoms with van der Waals surface area (Å²) in [6.45, 7) is 5.81. The van der Waals surface area contributed by atoms with Crippen molar-refractivity contribution < 1.29 is 0 Å². The quantitative estimate of drug-likeness (QED) is 0.589. The van der Waals surface area contributed by atoms with Crippen LogP contribution in [-0.2, 0) is 0 Å². The predicted molar refractivity (Wildman–Crippen MR) is 41.0 cm³/mol. The molecule has 0 amide bonds. The molecular formula is C5H9ClN2S. The third-order valence-corrected chi connectivity index (χ3v) is 1.39. The van der Waals surface area contributed by atoms with Crippen molar-refractivity contribution in [2.75, 3.05) is 0 Å². The van der Waals surface area contributed by atoms with Crippen molar-refractivity contribution in [3.63, 3.8) is 0 Å². The highest BCUT2D eigenvalue weighted by Gasteiger charge is 1.90. The molecular weight excluding hydrogens is 156 g/mol. The van der Waals surface area contributed by atoms with E-state index >= 15 is 0 Å². The summed E-state index contributed by atoms with van der Waals surface area (Å²) in [6.07, 6.45) is 0. The highest BCUT2D eigenvalue weighted by atomic mass is 35.5. The summed E-state index contributed by atoms with van der Waals surface area (Å²) in [5.41, 5.74) is 0. The smallest absolute Gasteiger partial charge is 0.203 e. The fourth-order valence-electron chi connectivity index (χ4n) is 0.272. The van der Waals surface area contributed by atoms with Crippen molar-refractivity contribution in [1.29, 1.82) is 0 Å². The van der Waals surface area contributed by atoms with E-state index in [-0.39, 0.29) is 0 Å². The molecule has 1 heterocycles. The van der Waals surface area contributed by atoms with Gasteiger partial charge in [0, 0.05) is 0 Å². The van der Waals surface area contributed by atoms with E-state index in [9.17, 15) is 0 Å². The third-order valence-electron chi connectivity index (χ3n) is 0.503. The molecule has 4 heteroatoms. The van der Waals surface area contributed by atoms with E-state index in [1.165, 1.54) is 11.5 Å². The van der Waals surface area contributed by atoms with Crippen molar-refractivity contribution in [2.45, 2.75) is 20.8 Å². The molecule has 1 aromatic rings. The van der Waals surface area contributed by atoms with Gasteiger partial charge in [0.1, 0.15) is 5.82 Å². The first-order chi connectivity index (χ1) is 4.29. The second-order valence-electron chi connectivity index (χ2n) is 1.09. The largest absolute Gasteiger partial charge is 0.209 e. The summed E-state index contributed by atoms with van der Waals surface area (Å²) < 4.78 is 4.33. The lowest BCUT2D eigenvalue weighted by atomic mass is 10.8. The first-order valence-electron chi connectivity index (χ1n) is 2.75. The zero-order chi connectivity index (χ0) is 7.28. The van der Waals surface area contributed by atoms with Crippen molar-refractivity contribution in [3.05, 3.63) is 10.3 Å². The maximum atomic E-state index is 5.41. The molecule has 0 unspecified atom stereocenters. The van der Waals surface area contributed by atoms with Crippen LogP contribution in [0.4, 0.5) is 0 Å². The standard InChI is InChI=1S/C3H3ClN2S.C2H6/c1-2-5-3(4)7-6-2;1-2/h1H3;1-2H3. The number of nitrogens with zero attached hydrogens (tertiary/aromatic N) is 2. The molecule has 0 aliphatic heterocycles. The zero-order valence-electron chi connectivity index (χ0n) is 5.68. The molecule has 0 spiro atoms. The SMILES string of the molecule is CC.Cc1nsc(Cl)n1. The van der Waals surface area contributed by atoms with Gasteiger partial charge in [-0.1, -0.05) is 13.8 Å². The van der Waals surface area contributed by atoms with Crippen LogP contribution >= 0.6 is 23.1 Å². The molecule has 0 aliphatic rings. The maximum Gasteiger partial charge on any atom is 0.203 e. The van der Waals surface area contributed by atoms with Gasteiger partial charge in [-0.2, -0.15) is 4.37 Å². The van der Waals surface area contributed by atoms with Crippen LogP contribution in [0.25, 0.3) is 0 Å². The van der Waals surface area contributed by atoms with E-state index in [1.54, 1.807) is 0 Å². The van der Waals surface area contributed by atoms with E-state index in [1.807, 2.05) is 20.8 Å². The van der Waals surface area contributed by atoms with Crippen LogP contribution in [0.1, 0.15) is 19.7 Å². The fourth-order valence-corrected chi connectivity index (χ4v) is 0.919. The summed E-state index contributed by atoms with van der Waals surface area (Å²) in [4.78, 5) is 3.78. The van der Waals surface area contributed by atoms with Crippen LogP contribution in [0.3, 0.4) is 0 Å². The van der Waals surface area contributed by atoms with Gasteiger partial charge in [-0.05, 0) is 30.1 Å². The molecule has 0 radical (unpaired) electrons. The molecule has 0 fully saturated rings. The molecule has 52 valence electrons. The number of aromatic nitrogens is 2. The normalized spacial score (nSPS) is 8.00. The van der Waals surface area contributed by atoms with Crippen LogP contribution in [0.15, 0.2) is 0 Å². The van der Waals surface area contributed by atoms with Gasteiger partial charge < -0.3 is 0 Å². The first-order valence-corrected chi connectivity index (χ1v) is 3.90. The predicted octanol–water partition coefficient (Wildman–Crippen LogP) is 2.53. The van der Waals surface area contributed by atoms with Gasteiger partial charge >= 0.3 is 0 Å². The number of hydrogen-bond donors (Lipinski definition) is 0. The Labute approximate surface area is 64.1 Å². The summed E-state index contributed by atoms with van der Waals surface area (Å²) >= 11 is 6.61. The Balaban J connectivity index is 0.000000291. The van der Waals surface area contributed by atoms with Gasteiger partial charge in [0.25, 0.3) is 0 Å². The van der Waals surface area contributed by atoms with Crippen LogP contribution in [0.5, 0.6) is 0 Å². The van der Waals surface area contributed by atoms with Crippen molar-refractivity contribution >= 4 is 23.1 Å². The van der Waals surface area contributed by atoms with Gasteiger partial charge in [0.05, 0.1) is 0 Å². The lowest BCUT2D eigenvalue weighted by molar-refractivity contribution is 1.17. The molecule has 2 nitrogen and oxygen atoms in total. The van der Waals surface area contributed by atoms with E-state index in [4.69, 9.17) is 11.6 Å². The van der Waals surface area contributed by atoms with Crippen molar-refractivity contribution in [1.82, 2.24) is 9.36 Å². The Bertz CT molecular complexity index is 147.